The first-order chi connectivity index (χ1) is 14.9. The van der Waals surface area contributed by atoms with Crippen molar-refractivity contribution >= 4 is 27.5 Å². The van der Waals surface area contributed by atoms with Gasteiger partial charge in [0.25, 0.3) is 5.91 Å². The van der Waals surface area contributed by atoms with Gasteiger partial charge < -0.3 is 4.90 Å². The second kappa shape index (κ2) is 9.69. The largest absolute Gasteiger partial charge is 0.336 e. The minimum atomic E-state index is -3.61. The summed E-state index contributed by atoms with van der Waals surface area (Å²) in [6, 6.07) is 14.7. The van der Waals surface area contributed by atoms with Crippen LogP contribution in [0.25, 0.3) is 0 Å². The third kappa shape index (κ3) is 5.12. The van der Waals surface area contributed by atoms with Gasteiger partial charge in [-0.1, -0.05) is 48.4 Å². The molecule has 2 aliphatic rings. The third-order valence-corrected chi connectivity index (χ3v) is 8.25. The van der Waals surface area contributed by atoms with E-state index in [2.05, 4.69) is 17.0 Å². The fourth-order valence-corrected chi connectivity index (χ4v) is 5.95. The summed E-state index contributed by atoms with van der Waals surface area (Å²) in [5.41, 5.74) is 1.51. The zero-order valence-electron chi connectivity index (χ0n) is 17.5. The highest BCUT2D eigenvalue weighted by molar-refractivity contribution is 7.89. The summed E-state index contributed by atoms with van der Waals surface area (Å²) in [5.74, 6) is -0.208. The van der Waals surface area contributed by atoms with E-state index in [1.165, 1.54) is 28.1 Å². The molecular weight excluding hydrogens is 434 g/mol. The van der Waals surface area contributed by atoms with Crippen molar-refractivity contribution in [1.82, 2.24) is 14.1 Å². The van der Waals surface area contributed by atoms with Crippen LogP contribution in [0.15, 0.2) is 53.4 Å². The van der Waals surface area contributed by atoms with Crippen LogP contribution in [0, 0.1) is 0 Å². The van der Waals surface area contributed by atoms with Crippen LogP contribution in [0.1, 0.15) is 35.2 Å². The molecule has 0 aliphatic carbocycles. The molecular formula is C23H28ClN3O3S. The van der Waals surface area contributed by atoms with Gasteiger partial charge in [-0.15, -0.1) is 0 Å². The average Bonchev–Trinajstić information content (AvgIpc) is 2.80. The quantitative estimate of drug-likeness (QED) is 0.684. The average molecular weight is 462 g/mol. The second-order valence-corrected chi connectivity index (χ2v) is 10.5. The van der Waals surface area contributed by atoms with E-state index in [4.69, 9.17) is 11.6 Å². The lowest BCUT2D eigenvalue weighted by atomic mass is 10.1. The Morgan fingerprint density at radius 2 is 1.55 bits per heavy atom. The summed E-state index contributed by atoms with van der Waals surface area (Å²) < 4.78 is 27.5. The number of carbonyl (C=O) groups excluding carboxylic acids is 1. The Labute approximate surface area is 189 Å². The maximum absolute atomic E-state index is 13.2. The number of nitrogens with zero attached hydrogens (tertiary/aromatic N) is 3. The molecule has 0 saturated carbocycles. The SMILES string of the molecule is O=C(c1cc(S(=O)(=O)N2CCCCC2)ccc1Cl)N1CCN(Cc2ccccc2)CC1. The Kier molecular flexibility index (Phi) is 6.96. The molecule has 2 heterocycles. The van der Waals surface area contributed by atoms with E-state index >= 15 is 0 Å². The molecule has 2 fully saturated rings. The topological polar surface area (TPSA) is 60.9 Å². The van der Waals surface area contributed by atoms with Gasteiger partial charge in [0.15, 0.2) is 0 Å². The highest BCUT2D eigenvalue weighted by atomic mass is 35.5. The van der Waals surface area contributed by atoms with E-state index < -0.39 is 10.0 Å². The van der Waals surface area contributed by atoms with E-state index in [1.807, 2.05) is 18.2 Å². The van der Waals surface area contributed by atoms with Crippen LogP contribution in [0.3, 0.4) is 0 Å². The van der Waals surface area contributed by atoms with Crippen molar-refractivity contribution < 1.29 is 13.2 Å². The summed E-state index contributed by atoms with van der Waals surface area (Å²) in [4.78, 5) is 17.4. The summed E-state index contributed by atoms with van der Waals surface area (Å²) >= 11 is 6.32. The summed E-state index contributed by atoms with van der Waals surface area (Å²) in [7, 11) is -3.61. The smallest absolute Gasteiger partial charge is 0.255 e. The maximum Gasteiger partial charge on any atom is 0.255 e. The van der Waals surface area contributed by atoms with Gasteiger partial charge in [0.05, 0.1) is 15.5 Å². The molecule has 0 radical (unpaired) electrons. The number of sulfonamides is 1. The lowest BCUT2D eigenvalue weighted by Crippen LogP contribution is -2.48. The number of hydrogen-bond donors (Lipinski definition) is 0. The Bertz CT molecular complexity index is 1020. The van der Waals surface area contributed by atoms with E-state index in [1.54, 1.807) is 4.90 Å². The molecule has 166 valence electrons. The number of benzene rings is 2. The monoisotopic (exact) mass is 461 g/mol. The molecule has 0 aromatic heterocycles. The van der Waals surface area contributed by atoms with E-state index in [0.717, 1.165) is 38.9 Å². The Balaban J connectivity index is 1.44. The number of amides is 1. The zero-order chi connectivity index (χ0) is 21.8. The van der Waals surface area contributed by atoms with Crippen molar-refractivity contribution in [1.29, 1.82) is 0 Å². The van der Waals surface area contributed by atoms with Crippen molar-refractivity contribution in [3.05, 3.63) is 64.7 Å². The first-order valence-electron chi connectivity index (χ1n) is 10.8. The van der Waals surface area contributed by atoms with Crippen LogP contribution < -0.4 is 0 Å². The molecule has 0 N–H and O–H groups in total. The summed E-state index contributed by atoms with van der Waals surface area (Å²) in [6.45, 7) is 4.62. The molecule has 0 bridgehead atoms. The van der Waals surface area contributed by atoms with Gasteiger partial charge in [-0.2, -0.15) is 4.31 Å². The standard InChI is InChI=1S/C23H28ClN3O3S/c24-22-10-9-20(31(29,30)27-11-5-2-6-12-27)17-21(22)23(28)26-15-13-25(14-16-26)18-19-7-3-1-4-8-19/h1,3-4,7-10,17H,2,5-6,11-16,18H2. The summed E-state index contributed by atoms with van der Waals surface area (Å²) in [5, 5.41) is 0.286. The lowest BCUT2D eigenvalue weighted by molar-refractivity contribution is 0.0628. The van der Waals surface area contributed by atoms with Crippen molar-refractivity contribution in [3.8, 4) is 0 Å². The molecule has 2 aromatic rings. The normalized spacial score (nSPS) is 18.8. The van der Waals surface area contributed by atoms with E-state index in [9.17, 15) is 13.2 Å². The maximum atomic E-state index is 13.2. The van der Waals surface area contributed by atoms with Gasteiger partial charge >= 0.3 is 0 Å². The predicted molar refractivity (Wildman–Crippen MR) is 122 cm³/mol. The number of hydrogen-bond acceptors (Lipinski definition) is 4. The highest BCUT2D eigenvalue weighted by Gasteiger charge is 2.29. The molecule has 4 rings (SSSR count). The molecule has 8 heteroatoms. The van der Waals surface area contributed by atoms with Crippen LogP contribution in [-0.4, -0.2) is 67.7 Å². The predicted octanol–water partition coefficient (Wildman–Crippen LogP) is 3.47. The van der Waals surface area contributed by atoms with Gasteiger partial charge in [0.2, 0.25) is 10.0 Å². The van der Waals surface area contributed by atoms with Gasteiger partial charge in [0, 0.05) is 45.8 Å². The third-order valence-electron chi connectivity index (χ3n) is 6.03. The van der Waals surface area contributed by atoms with Crippen molar-refractivity contribution in [3.63, 3.8) is 0 Å². The minimum Gasteiger partial charge on any atom is -0.336 e. The van der Waals surface area contributed by atoms with E-state index in [-0.39, 0.29) is 21.4 Å². The molecule has 6 nitrogen and oxygen atoms in total. The lowest BCUT2D eigenvalue weighted by Gasteiger charge is -2.35. The number of piperazine rings is 1. The van der Waals surface area contributed by atoms with Crippen LogP contribution in [0.2, 0.25) is 5.02 Å². The molecule has 2 saturated heterocycles. The number of halogens is 1. The fourth-order valence-electron chi connectivity index (χ4n) is 4.20. The number of carbonyl (C=O) groups is 1. The molecule has 31 heavy (non-hydrogen) atoms. The van der Waals surface area contributed by atoms with Crippen molar-refractivity contribution in [2.24, 2.45) is 0 Å². The van der Waals surface area contributed by atoms with Crippen LogP contribution in [0.4, 0.5) is 0 Å². The first kappa shape index (κ1) is 22.3. The zero-order valence-corrected chi connectivity index (χ0v) is 19.1. The molecule has 2 aliphatic heterocycles. The van der Waals surface area contributed by atoms with E-state index in [0.29, 0.717) is 26.2 Å². The number of rotatable bonds is 5. The molecule has 0 atom stereocenters. The highest BCUT2D eigenvalue weighted by Crippen LogP contribution is 2.26. The Morgan fingerprint density at radius 3 is 2.23 bits per heavy atom. The van der Waals surface area contributed by atoms with Gasteiger partial charge in [0.1, 0.15) is 0 Å². The molecule has 1 amide bonds. The van der Waals surface area contributed by atoms with Crippen LogP contribution >= 0.6 is 11.6 Å². The molecule has 2 aromatic carbocycles. The van der Waals surface area contributed by atoms with Crippen LogP contribution in [-0.2, 0) is 16.6 Å². The fraction of sp³-hybridized carbons (Fsp3) is 0.435. The number of piperidine rings is 1. The van der Waals surface area contributed by atoms with Crippen molar-refractivity contribution in [2.75, 3.05) is 39.3 Å². The Hall–Kier alpha value is -1.93. The molecule has 0 unspecified atom stereocenters. The van der Waals surface area contributed by atoms with Gasteiger partial charge in [-0.05, 0) is 36.6 Å². The van der Waals surface area contributed by atoms with Crippen LogP contribution in [0.5, 0.6) is 0 Å². The van der Waals surface area contributed by atoms with Crippen molar-refractivity contribution in [2.45, 2.75) is 30.7 Å². The Morgan fingerprint density at radius 1 is 0.871 bits per heavy atom. The molecule has 0 spiro atoms. The minimum absolute atomic E-state index is 0.143. The second-order valence-electron chi connectivity index (χ2n) is 8.16. The first-order valence-corrected chi connectivity index (χ1v) is 12.6. The van der Waals surface area contributed by atoms with Gasteiger partial charge in [-0.3, -0.25) is 9.69 Å². The van der Waals surface area contributed by atoms with Gasteiger partial charge in [-0.25, -0.2) is 8.42 Å². The summed E-state index contributed by atoms with van der Waals surface area (Å²) in [6.07, 6.45) is 2.78.